The van der Waals surface area contributed by atoms with Crippen molar-refractivity contribution in [2.75, 3.05) is 13.1 Å². The maximum absolute atomic E-state index is 12.5. The van der Waals surface area contributed by atoms with Gasteiger partial charge in [0.15, 0.2) is 0 Å². The SMILES string of the molecule is Cc1cc(Sc2ccc(S(=O)(=O)N3CCCC3)cn2)c(C#N)c(C)n1. The third-order valence-corrected chi connectivity index (χ3v) is 6.91. The molecule has 0 amide bonds. The molecule has 2 aromatic heterocycles. The summed E-state index contributed by atoms with van der Waals surface area (Å²) in [6.45, 7) is 4.81. The second-order valence-electron chi connectivity index (χ2n) is 5.88. The van der Waals surface area contributed by atoms with E-state index in [1.807, 2.05) is 13.0 Å². The molecule has 25 heavy (non-hydrogen) atoms. The fourth-order valence-electron chi connectivity index (χ4n) is 2.78. The lowest BCUT2D eigenvalue weighted by molar-refractivity contribution is 0.477. The molecule has 0 N–H and O–H groups in total. The molecule has 0 atom stereocenters. The molecule has 2 aromatic rings. The summed E-state index contributed by atoms with van der Waals surface area (Å²) in [5.41, 5.74) is 2.02. The first-order chi connectivity index (χ1) is 11.9. The molecule has 3 heterocycles. The van der Waals surface area contributed by atoms with Crippen molar-refractivity contribution in [3.05, 3.63) is 41.3 Å². The van der Waals surface area contributed by atoms with Gasteiger partial charge in [0.05, 0.1) is 11.3 Å². The van der Waals surface area contributed by atoms with Gasteiger partial charge in [0, 0.05) is 29.9 Å². The minimum atomic E-state index is -3.46. The van der Waals surface area contributed by atoms with Crippen LogP contribution < -0.4 is 0 Å². The summed E-state index contributed by atoms with van der Waals surface area (Å²) in [5.74, 6) is 0. The van der Waals surface area contributed by atoms with E-state index in [0.29, 0.717) is 29.4 Å². The monoisotopic (exact) mass is 374 g/mol. The number of hydrogen-bond donors (Lipinski definition) is 0. The first-order valence-electron chi connectivity index (χ1n) is 7.94. The van der Waals surface area contributed by atoms with E-state index in [0.717, 1.165) is 23.4 Å². The number of aryl methyl sites for hydroxylation is 2. The van der Waals surface area contributed by atoms with Crippen LogP contribution in [0.2, 0.25) is 0 Å². The van der Waals surface area contributed by atoms with Gasteiger partial charge < -0.3 is 0 Å². The molecule has 0 unspecified atom stereocenters. The number of sulfonamides is 1. The second-order valence-corrected chi connectivity index (χ2v) is 8.88. The van der Waals surface area contributed by atoms with Crippen LogP contribution in [-0.4, -0.2) is 35.8 Å². The summed E-state index contributed by atoms with van der Waals surface area (Å²) in [5, 5.41) is 9.97. The Morgan fingerprint density at radius 2 is 1.96 bits per heavy atom. The number of nitriles is 1. The van der Waals surface area contributed by atoms with Crippen molar-refractivity contribution < 1.29 is 8.42 Å². The molecule has 8 heteroatoms. The zero-order valence-electron chi connectivity index (χ0n) is 14.1. The molecule has 0 spiro atoms. The highest BCUT2D eigenvalue weighted by atomic mass is 32.2. The average Bonchev–Trinajstić information content (AvgIpc) is 3.10. The minimum Gasteiger partial charge on any atom is -0.257 e. The van der Waals surface area contributed by atoms with E-state index in [1.54, 1.807) is 19.1 Å². The lowest BCUT2D eigenvalue weighted by Crippen LogP contribution is -2.27. The predicted octanol–water partition coefficient (Wildman–Crippen LogP) is 2.90. The van der Waals surface area contributed by atoms with Gasteiger partial charge in [0.2, 0.25) is 10.0 Å². The van der Waals surface area contributed by atoms with Crippen LogP contribution in [0, 0.1) is 25.2 Å². The van der Waals surface area contributed by atoms with E-state index in [9.17, 15) is 13.7 Å². The molecule has 0 aliphatic carbocycles. The molecule has 1 saturated heterocycles. The fourth-order valence-corrected chi connectivity index (χ4v) is 5.23. The number of hydrogen-bond acceptors (Lipinski definition) is 6. The van der Waals surface area contributed by atoms with Crippen molar-refractivity contribution in [3.63, 3.8) is 0 Å². The first kappa shape index (κ1) is 17.9. The molecule has 0 bridgehead atoms. The van der Waals surface area contributed by atoms with Crippen molar-refractivity contribution in [3.8, 4) is 6.07 Å². The van der Waals surface area contributed by atoms with E-state index >= 15 is 0 Å². The van der Waals surface area contributed by atoms with Crippen molar-refractivity contribution in [2.24, 2.45) is 0 Å². The third-order valence-electron chi connectivity index (χ3n) is 4.03. The molecule has 1 aliphatic heterocycles. The molecule has 0 radical (unpaired) electrons. The minimum absolute atomic E-state index is 0.210. The lowest BCUT2D eigenvalue weighted by atomic mass is 10.2. The first-order valence-corrected chi connectivity index (χ1v) is 10.2. The summed E-state index contributed by atoms with van der Waals surface area (Å²) < 4.78 is 26.5. The zero-order chi connectivity index (χ0) is 18.0. The molecule has 1 aliphatic rings. The van der Waals surface area contributed by atoms with Crippen molar-refractivity contribution in [1.82, 2.24) is 14.3 Å². The van der Waals surface area contributed by atoms with E-state index < -0.39 is 10.0 Å². The molecule has 130 valence electrons. The number of nitrogens with zero attached hydrogens (tertiary/aromatic N) is 4. The summed E-state index contributed by atoms with van der Waals surface area (Å²) in [4.78, 5) is 9.55. The van der Waals surface area contributed by atoms with Crippen LogP contribution in [0.25, 0.3) is 0 Å². The highest BCUT2D eigenvalue weighted by Gasteiger charge is 2.27. The van der Waals surface area contributed by atoms with Gasteiger partial charge >= 0.3 is 0 Å². The Labute approximate surface area is 152 Å². The van der Waals surface area contributed by atoms with Gasteiger partial charge in [-0.05, 0) is 44.9 Å². The Kier molecular flexibility index (Phi) is 5.08. The van der Waals surface area contributed by atoms with Gasteiger partial charge in [-0.15, -0.1) is 0 Å². The Morgan fingerprint density at radius 3 is 2.56 bits per heavy atom. The molecule has 0 aromatic carbocycles. The summed E-state index contributed by atoms with van der Waals surface area (Å²) in [6, 6.07) is 7.27. The van der Waals surface area contributed by atoms with Crippen LogP contribution in [0.15, 0.2) is 39.2 Å². The Hall–Kier alpha value is -1.95. The standard InChI is InChI=1S/C17H18N4O2S2/c1-12-9-16(15(10-18)13(2)20-12)24-17-6-5-14(11-19-17)25(22,23)21-7-3-4-8-21/h5-6,9,11H,3-4,7-8H2,1-2H3. The van der Waals surface area contributed by atoms with Gasteiger partial charge in [0.25, 0.3) is 0 Å². The van der Waals surface area contributed by atoms with E-state index in [4.69, 9.17) is 0 Å². The number of pyridine rings is 2. The molecular formula is C17H18N4O2S2. The zero-order valence-corrected chi connectivity index (χ0v) is 15.7. The van der Waals surface area contributed by atoms with Gasteiger partial charge in [0.1, 0.15) is 16.0 Å². The van der Waals surface area contributed by atoms with E-state index in [2.05, 4.69) is 16.0 Å². The maximum atomic E-state index is 12.5. The van der Waals surface area contributed by atoms with E-state index in [1.165, 1.54) is 22.3 Å². The summed E-state index contributed by atoms with van der Waals surface area (Å²) in [7, 11) is -3.46. The summed E-state index contributed by atoms with van der Waals surface area (Å²) in [6.07, 6.45) is 3.19. The average molecular weight is 374 g/mol. The van der Waals surface area contributed by atoms with Crippen LogP contribution in [0.3, 0.4) is 0 Å². The smallest absolute Gasteiger partial charge is 0.244 e. The topological polar surface area (TPSA) is 87.0 Å². The fraction of sp³-hybridized carbons (Fsp3) is 0.353. The van der Waals surface area contributed by atoms with Crippen LogP contribution in [0.5, 0.6) is 0 Å². The second kappa shape index (κ2) is 7.12. The summed E-state index contributed by atoms with van der Waals surface area (Å²) >= 11 is 1.34. The molecule has 6 nitrogen and oxygen atoms in total. The molecule has 1 fully saturated rings. The third kappa shape index (κ3) is 3.68. The van der Waals surface area contributed by atoms with Gasteiger partial charge in [-0.1, -0.05) is 11.8 Å². The number of aromatic nitrogens is 2. The molecule has 0 saturated carbocycles. The highest BCUT2D eigenvalue weighted by molar-refractivity contribution is 7.99. The van der Waals surface area contributed by atoms with Crippen LogP contribution >= 0.6 is 11.8 Å². The van der Waals surface area contributed by atoms with Gasteiger partial charge in [-0.25, -0.2) is 13.4 Å². The van der Waals surface area contributed by atoms with Crippen LogP contribution in [-0.2, 0) is 10.0 Å². The Bertz CT molecular complexity index is 928. The number of rotatable bonds is 4. The van der Waals surface area contributed by atoms with Gasteiger partial charge in [-0.3, -0.25) is 4.98 Å². The normalized spacial score (nSPS) is 15.2. The van der Waals surface area contributed by atoms with Crippen molar-refractivity contribution in [1.29, 1.82) is 5.26 Å². The highest BCUT2D eigenvalue weighted by Crippen LogP contribution is 2.31. The van der Waals surface area contributed by atoms with Crippen molar-refractivity contribution in [2.45, 2.75) is 41.5 Å². The van der Waals surface area contributed by atoms with Crippen LogP contribution in [0.4, 0.5) is 0 Å². The van der Waals surface area contributed by atoms with Crippen LogP contribution in [0.1, 0.15) is 29.8 Å². The van der Waals surface area contributed by atoms with Gasteiger partial charge in [-0.2, -0.15) is 9.57 Å². The quantitative estimate of drug-likeness (QED) is 0.818. The maximum Gasteiger partial charge on any atom is 0.244 e. The van der Waals surface area contributed by atoms with E-state index in [-0.39, 0.29) is 4.90 Å². The van der Waals surface area contributed by atoms with Crippen molar-refractivity contribution >= 4 is 21.8 Å². The largest absolute Gasteiger partial charge is 0.257 e. The predicted molar refractivity (Wildman–Crippen MR) is 94.8 cm³/mol. The molecular weight excluding hydrogens is 356 g/mol. The lowest BCUT2D eigenvalue weighted by Gasteiger charge is -2.15. The molecule has 3 rings (SSSR count). The Morgan fingerprint density at radius 1 is 1.24 bits per heavy atom. The Balaban J connectivity index is 1.86.